The highest BCUT2D eigenvalue weighted by molar-refractivity contribution is 6.31. The zero-order valence-corrected chi connectivity index (χ0v) is 15.9. The molecule has 2 aliphatic rings. The van der Waals surface area contributed by atoms with Gasteiger partial charge >= 0.3 is 0 Å². The van der Waals surface area contributed by atoms with Crippen LogP contribution in [0.4, 0.5) is 5.69 Å². The van der Waals surface area contributed by atoms with Crippen LogP contribution in [-0.2, 0) is 17.8 Å². The summed E-state index contributed by atoms with van der Waals surface area (Å²) in [5.41, 5.74) is 2.74. The van der Waals surface area contributed by atoms with Crippen molar-refractivity contribution in [2.75, 3.05) is 31.6 Å². The third-order valence-electron chi connectivity index (χ3n) is 4.95. The number of amides is 1. The number of hydrogen-bond acceptors (Lipinski definition) is 4. The molecule has 0 unspecified atom stereocenters. The second-order valence-electron chi connectivity index (χ2n) is 6.95. The number of fused-ring (bicyclic) bond motifs is 1. The number of halogens is 1. The molecule has 0 radical (unpaired) electrons. The van der Waals surface area contributed by atoms with Gasteiger partial charge in [0.25, 0.3) is 0 Å². The molecule has 2 aromatic carbocycles. The molecule has 1 fully saturated rings. The highest BCUT2D eigenvalue weighted by Crippen LogP contribution is 2.35. The van der Waals surface area contributed by atoms with Crippen molar-refractivity contribution < 1.29 is 14.3 Å². The lowest BCUT2D eigenvalue weighted by Gasteiger charge is -2.20. The van der Waals surface area contributed by atoms with E-state index < -0.39 is 0 Å². The molecule has 6 heteroatoms. The van der Waals surface area contributed by atoms with Crippen molar-refractivity contribution in [3.05, 3.63) is 52.5 Å². The predicted octanol–water partition coefficient (Wildman–Crippen LogP) is 3.89. The average Bonchev–Trinajstić information content (AvgIpc) is 3.17. The van der Waals surface area contributed by atoms with Gasteiger partial charge in [0.1, 0.15) is 13.2 Å². The van der Waals surface area contributed by atoms with Crippen LogP contribution in [0.3, 0.4) is 0 Å². The quantitative estimate of drug-likeness (QED) is 0.847. The third kappa shape index (κ3) is 4.37. The zero-order chi connectivity index (χ0) is 18.6. The van der Waals surface area contributed by atoms with Gasteiger partial charge in [0, 0.05) is 23.3 Å². The van der Waals surface area contributed by atoms with Gasteiger partial charge in [0.2, 0.25) is 5.91 Å². The Morgan fingerprint density at radius 1 is 1.04 bits per heavy atom. The van der Waals surface area contributed by atoms with Crippen molar-refractivity contribution in [3.63, 3.8) is 0 Å². The summed E-state index contributed by atoms with van der Waals surface area (Å²) < 4.78 is 11.1. The van der Waals surface area contributed by atoms with Gasteiger partial charge in [-0.2, -0.15) is 0 Å². The summed E-state index contributed by atoms with van der Waals surface area (Å²) in [7, 11) is 0. The zero-order valence-electron chi connectivity index (χ0n) is 15.2. The van der Waals surface area contributed by atoms with Crippen LogP contribution in [0, 0.1) is 0 Å². The van der Waals surface area contributed by atoms with Crippen molar-refractivity contribution in [2.24, 2.45) is 0 Å². The van der Waals surface area contributed by atoms with E-state index in [0.717, 1.165) is 36.4 Å². The smallest absolute Gasteiger partial charge is 0.228 e. The lowest BCUT2D eigenvalue weighted by atomic mass is 10.1. The second-order valence-corrected chi connectivity index (χ2v) is 7.36. The Morgan fingerprint density at radius 2 is 1.74 bits per heavy atom. The van der Waals surface area contributed by atoms with Crippen molar-refractivity contribution in [3.8, 4) is 11.5 Å². The van der Waals surface area contributed by atoms with E-state index >= 15 is 0 Å². The van der Waals surface area contributed by atoms with E-state index in [-0.39, 0.29) is 12.3 Å². The van der Waals surface area contributed by atoms with Gasteiger partial charge in [-0.3, -0.25) is 9.69 Å². The summed E-state index contributed by atoms with van der Waals surface area (Å²) in [6, 6.07) is 11.5. The van der Waals surface area contributed by atoms with Crippen LogP contribution < -0.4 is 14.8 Å². The Labute approximate surface area is 164 Å². The van der Waals surface area contributed by atoms with E-state index in [1.165, 1.54) is 12.8 Å². The molecule has 142 valence electrons. The van der Waals surface area contributed by atoms with Crippen molar-refractivity contribution in [1.29, 1.82) is 0 Å². The molecule has 1 N–H and O–H groups in total. The molecule has 1 amide bonds. The van der Waals surface area contributed by atoms with Crippen molar-refractivity contribution >= 4 is 23.2 Å². The number of likely N-dealkylation sites (tertiary alicyclic amines) is 1. The molecule has 0 aliphatic carbocycles. The summed E-state index contributed by atoms with van der Waals surface area (Å²) in [6.45, 7) is 4.12. The number of rotatable bonds is 5. The van der Waals surface area contributed by atoms with E-state index in [0.29, 0.717) is 29.7 Å². The fraction of sp³-hybridized carbons (Fsp3) is 0.381. The minimum atomic E-state index is -0.0950. The first-order chi connectivity index (χ1) is 13.2. The first kappa shape index (κ1) is 18.1. The van der Waals surface area contributed by atoms with Gasteiger partial charge in [-0.25, -0.2) is 0 Å². The second kappa shape index (κ2) is 8.19. The SMILES string of the molecule is O=C(Cc1cc2c(cc1Cl)OCCO2)Nc1ccccc1CN1CCCC1. The summed E-state index contributed by atoms with van der Waals surface area (Å²) in [5.74, 6) is 1.18. The molecular formula is C21H23ClN2O3. The first-order valence-corrected chi connectivity index (χ1v) is 9.75. The molecule has 1 saturated heterocycles. The minimum absolute atomic E-state index is 0.0950. The van der Waals surface area contributed by atoms with Crippen LogP contribution in [-0.4, -0.2) is 37.1 Å². The summed E-state index contributed by atoms with van der Waals surface area (Å²) in [6.07, 6.45) is 2.68. The Bertz CT molecular complexity index is 834. The molecule has 0 aromatic heterocycles. The maximum absolute atomic E-state index is 12.6. The molecular weight excluding hydrogens is 364 g/mol. The topological polar surface area (TPSA) is 50.8 Å². The summed E-state index contributed by atoms with van der Waals surface area (Å²) >= 11 is 6.33. The molecule has 0 atom stereocenters. The maximum atomic E-state index is 12.6. The number of anilines is 1. The Hall–Kier alpha value is -2.24. The summed E-state index contributed by atoms with van der Waals surface area (Å²) in [5, 5.41) is 3.56. The number of nitrogens with one attached hydrogen (secondary N) is 1. The fourth-order valence-electron chi connectivity index (χ4n) is 3.57. The van der Waals surface area contributed by atoms with Gasteiger partial charge < -0.3 is 14.8 Å². The van der Waals surface area contributed by atoms with Crippen molar-refractivity contribution in [1.82, 2.24) is 4.90 Å². The number of benzene rings is 2. The first-order valence-electron chi connectivity index (χ1n) is 9.37. The molecule has 2 aromatic rings. The van der Waals surface area contributed by atoms with Crippen LogP contribution in [0.25, 0.3) is 0 Å². The predicted molar refractivity (Wildman–Crippen MR) is 106 cm³/mol. The number of carbonyl (C=O) groups is 1. The van der Waals surface area contributed by atoms with E-state index in [1.807, 2.05) is 18.2 Å². The van der Waals surface area contributed by atoms with Crippen molar-refractivity contribution in [2.45, 2.75) is 25.8 Å². The number of nitrogens with zero attached hydrogens (tertiary/aromatic N) is 1. The van der Waals surface area contributed by atoms with Gasteiger partial charge in [0.05, 0.1) is 6.42 Å². The van der Waals surface area contributed by atoms with E-state index in [4.69, 9.17) is 21.1 Å². The van der Waals surface area contributed by atoms with Gasteiger partial charge in [-0.05, 0) is 49.2 Å². The normalized spacial score (nSPS) is 16.3. The van der Waals surface area contributed by atoms with E-state index in [9.17, 15) is 4.79 Å². The maximum Gasteiger partial charge on any atom is 0.228 e. The Kier molecular flexibility index (Phi) is 5.50. The van der Waals surface area contributed by atoms with E-state index in [1.54, 1.807) is 12.1 Å². The number of ether oxygens (including phenoxy) is 2. The molecule has 0 spiro atoms. The van der Waals surface area contributed by atoms with E-state index in [2.05, 4.69) is 16.3 Å². The highest BCUT2D eigenvalue weighted by atomic mass is 35.5. The molecule has 0 bridgehead atoms. The van der Waals surface area contributed by atoms with Gasteiger partial charge in [-0.1, -0.05) is 29.8 Å². The minimum Gasteiger partial charge on any atom is -0.486 e. The van der Waals surface area contributed by atoms with Gasteiger partial charge in [0.15, 0.2) is 11.5 Å². The number of para-hydroxylation sites is 1. The lowest BCUT2D eigenvalue weighted by Crippen LogP contribution is -2.21. The standard InChI is InChI=1S/C21H23ClN2O3/c22-17-13-20-19(26-9-10-27-20)11-16(17)12-21(25)23-18-6-2-1-5-15(18)14-24-7-3-4-8-24/h1-2,5-6,11,13H,3-4,7-10,12,14H2,(H,23,25). The Morgan fingerprint density at radius 3 is 2.52 bits per heavy atom. The largest absolute Gasteiger partial charge is 0.486 e. The fourth-order valence-corrected chi connectivity index (χ4v) is 3.79. The number of carbonyl (C=O) groups excluding carboxylic acids is 1. The summed E-state index contributed by atoms with van der Waals surface area (Å²) in [4.78, 5) is 15.1. The molecule has 2 heterocycles. The molecule has 2 aliphatic heterocycles. The molecule has 27 heavy (non-hydrogen) atoms. The van der Waals surface area contributed by atoms with Gasteiger partial charge in [-0.15, -0.1) is 0 Å². The van der Waals surface area contributed by atoms with Crippen LogP contribution >= 0.6 is 11.6 Å². The van der Waals surface area contributed by atoms with Crippen LogP contribution in [0.2, 0.25) is 5.02 Å². The average molecular weight is 387 g/mol. The van der Waals surface area contributed by atoms with Crippen LogP contribution in [0.1, 0.15) is 24.0 Å². The highest BCUT2D eigenvalue weighted by Gasteiger charge is 2.18. The number of hydrogen-bond donors (Lipinski definition) is 1. The lowest BCUT2D eigenvalue weighted by molar-refractivity contribution is -0.115. The van der Waals surface area contributed by atoms with Crippen LogP contribution in [0.15, 0.2) is 36.4 Å². The molecule has 5 nitrogen and oxygen atoms in total. The Balaban J connectivity index is 1.45. The monoisotopic (exact) mass is 386 g/mol. The third-order valence-corrected chi connectivity index (χ3v) is 5.30. The van der Waals surface area contributed by atoms with Crippen LogP contribution in [0.5, 0.6) is 11.5 Å². The molecule has 4 rings (SSSR count). The molecule has 0 saturated carbocycles.